The molecule has 0 atom stereocenters. The van der Waals surface area contributed by atoms with Gasteiger partial charge in [-0.2, -0.15) is 8.42 Å². The molecule has 0 aliphatic carbocycles. The number of aldehydes is 1. The highest BCUT2D eigenvalue weighted by molar-refractivity contribution is 7.85. The SMILES string of the molecule is Cc1ccc(C=O)cc1S(=O)(=O)O. The maximum Gasteiger partial charge on any atom is 0.294 e. The number of carbonyl (C=O) groups excluding carboxylic acids is 1. The maximum atomic E-state index is 10.8. The van der Waals surface area contributed by atoms with E-state index in [0.717, 1.165) is 6.07 Å². The topological polar surface area (TPSA) is 71.4 Å². The Balaban J connectivity index is 3.44. The summed E-state index contributed by atoms with van der Waals surface area (Å²) in [6.45, 7) is 1.54. The molecule has 0 bridgehead atoms. The van der Waals surface area contributed by atoms with Gasteiger partial charge < -0.3 is 0 Å². The van der Waals surface area contributed by atoms with Crippen molar-refractivity contribution in [1.82, 2.24) is 0 Å². The average Bonchev–Trinajstić information content (AvgIpc) is 2.03. The monoisotopic (exact) mass is 200 g/mol. The Morgan fingerprint density at radius 2 is 2.00 bits per heavy atom. The molecule has 1 N–H and O–H groups in total. The molecule has 0 aromatic heterocycles. The van der Waals surface area contributed by atoms with Gasteiger partial charge in [0.05, 0.1) is 4.90 Å². The first-order valence-electron chi connectivity index (χ1n) is 3.48. The molecule has 0 amide bonds. The highest BCUT2D eigenvalue weighted by Crippen LogP contribution is 2.15. The number of hydrogen-bond acceptors (Lipinski definition) is 3. The largest absolute Gasteiger partial charge is 0.298 e. The highest BCUT2D eigenvalue weighted by atomic mass is 32.2. The molecule has 1 aromatic carbocycles. The molecule has 0 heterocycles. The van der Waals surface area contributed by atoms with Crippen molar-refractivity contribution in [2.75, 3.05) is 0 Å². The molecule has 0 fully saturated rings. The molecule has 0 aliphatic heterocycles. The van der Waals surface area contributed by atoms with Gasteiger partial charge in [0.25, 0.3) is 10.1 Å². The van der Waals surface area contributed by atoms with E-state index in [1.807, 2.05) is 0 Å². The summed E-state index contributed by atoms with van der Waals surface area (Å²) in [6, 6.07) is 4.08. The van der Waals surface area contributed by atoms with Gasteiger partial charge in [-0.25, -0.2) is 0 Å². The van der Waals surface area contributed by atoms with Gasteiger partial charge in [-0.15, -0.1) is 0 Å². The fraction of sp³-hybridized carbons (Fsp3) is 0.125. The summed E-state index contributed by atoms with van der Waals surface area (Å²) in [5.74, 6) is 0. The number of rotatable bonds is 2. The minimum absolute atomic E-state index is 0.221. The predicted octanol–water partition coefficient (Wildman–Crippen LogP) is 1.05. The summed E-state index contributed by atoms with van der Waals surface area (Å²) in [5, 5.41) is 0. The lowest BCUT2D eigenvalue weighted by Crippen LogP contribution is -2.01. The van der Waals surface area contributed by atoms with E-state index < -0.39 is 10.1 Å². The second-order valence-electron chi connectivity index (χ2n) is 2.62. The van der Waals surface area contributed by atoms with Gasteiger partial charge in [0.1, 0.15) is 6.29 Å². The Bertz CT molecular complexity index is 433. The zero-order valence-corrected chi connectivity index (χ0v) is 7.71. The van der Waals surface area contributed by atoms with Crippen LogP contribution in [0.15, 0.2) is 23.1 Å². The predicted molar refractivity (Wildman–Crippen MR) is 46.4 cm³/mol. The highest BCUT2D eigenvalue weighted by Gasteiger charge is 2.12. The lowest BCUT2D eigenvalue weighted by Gasteiger charge is -2.01. The number of benzene rings is 1. The van der Waals surface area contributed by atoms with Crippen LogP contribution < -0.4 is 0 Å². The fourth-order valence-electron chi connectivity index (χ4n) is 0.968. The number of carbonyl (C=O) groups is 1. The lowest BCUT2D eigenvalue weighted by molar-refractivity contribution is 0.112. The molecule has 13 heavy (non-hydrogen) atoms. The summed E-state index contributed by atoms with van der Waals surface area (Å²) >= 11 is 0. The second-order valence-corrected chi connectivity index (χ2v) is 4.01. The molecule has 0 aliphatic rings. The first-order valence-corrected chi connectivity index (χ1v) is 4.92. The van der Waals surface area contributed by atoms with Crippen molar-refractivity contribution in [3.05, 3.63) is 29.3 Å². The minimum atomic E-state index is -4.22. The van der Waals surface area contributed by atoms with Gasteiger partial charge in [-0.3, -0.25) is 9.35 Å². The van der Waals surface area contributed by atoms with Crippen LogP contribution in [0.25, 0.3) is 0 Å². The van der Waals surface area contributed by atoms with E-state index in [2.05, 4.69) is 0 Å². The molecule has 0 radical (unpaired) electrons. The van der Waals surface area contributed by atoms with E-state index in [0.29, 0.717) is 11.8 Å². The molecule has 4 nitrogen and oxygen atoms in total. The normalized spacial score (nSPS) is 11.2. The zero-order valence-electron chi connectivity index (χ0n) is 6.89. The number of hydrogen-bond donors (Lipinski definition) is 1. The summed E-state index contributed by atoms with van der Waals surface area (Å²) in [4.78, 5) is 10.1. The van der Waals surface area contributed by atoms with Crippen molar-refractivity contribution in [3.63, 3.8) is 0 Å². The van der Waals surface area contributed by atoms with Gasteiger partial charge in [0, 0.05) is 5.56 Å². The minimum Gasteiger partial charge on any atom is -0.298 e. The third kappa shape index (κ3) is 2.13. The van der Waals surface area contributed by atoms with Crippen LogP contribution in [0.4, 0.5) is 0 Å². The van der Waals surface area contributed by atoms with Crippen LogP contribution >= 0.6 is 0 Å². The van der Waals surface area contributed by atoms with Crippen LogP contribution in [0.5, 0.6) is 0 Å². The van der Waals surface area contributed by atoms with Crippen molar-refractivity contribution >= 4 is 16.4 Å². The van der Waals surface area contributed by atoms with E-state index in [1.165, 1.54) is 19.1 Å². The summed E-state index contributed by atoms with van der Waals surface area (Å²) < 4.78 is 30.3. The van der Waals surface area contributed by atoms with Crippen LogP contribution in [0.2, 0.25) is 0 Å². The van der Waals surface area contributed by atoms with Crippen LogP contribution in [0.3, 0.4) is 0 Å². The summed E-state index contributed by atoms with van der Waals surface area (Å²) in [5.41, 5.74) is 0.631. The first-order chi connectivity index (χ1) is 5.95. The van der Waals surface area contributed by atoms with E-state index >= 15 is 0 Å². The van der Waals surface area contributed by atoms with E-state index in [-0.39, 0.29) is 10.5 Å². The lowest BCUT2D eigenvalue weighted by atomic mass is 10.2. The molecule has 1 aromatic rings. The van der Waals surface area contributed by atoms with Crippen LogP contribution in [-0.4, -0.2) is 19.3 Å². The van der Waals surface area contributed by atoms with Gasteiger partial charge in [-0.1, -0.05) is 12.1 Å². The van der Waals surface area contributed by atoms with Crippen LogP contribution in [0.1, 0.15) is 15.9 Å². The van der Waals surface area contributed by atoms with Crippen LogP contribution in [0, 0.1) is 6.92 Å². The Kier molecular flexibility index (Phi) is 2.49. The summed E-state index contributed by atoms with van der Waals surface area (Å²) in [6.07, 6.45) is 0.522. The summed E-state index contributed by atoms with van der Waals surface area (Å²) in [7, 11) is -4.22. The molecule has 5 heteroatoms. The smallest absolute Gasteiger partial charge is 0.294 e. The molecule has 0 unspecified atom stereocenters. The van der Waals surface area contributed by atoms with E-state index in [9.17, 15) is 13.2 Å². The molecular weight excluding hydrogens is 192 g/mol. The first kappa shape index (κ1) is 9.88. The third-order valence-electron chi connectivity index (χ3n) is 1.63. The Morgan fingerprint density at radius 3 is 2.46 bits per heavy atom. The van der Waals surface area contributed by atoms with Crippen molar-refractivity contribution in [1.29, 1.82) is 0 Å². The van der Waals surface area contributed by atoms with Crippen LogP contribution in [-0.2, 0) is 10.1 Å². The van der Waals surface area contributed by atoms with Crippen molar-refractivity contribution in [2.24, 2.45) is 0 Å². The molecule has 70 valence electrons. The van der Waals surface area contributed by atoms with Gasteiger partial charge >= 0.3 is 0 Å². The Labute approximate surface area is 76.0 Å². The van der Waals surface area contributed by atoms with E-state index in [1.54, 1.807) is 0 Å². The Morgan fingerprint density at radius 1 is 1.38 bits per heavy atom. The zero-order chi connectivity index (χ0) is 10.1. The molecule has 0 saturated carbocycles. The standard InChI is InChI=1S/C8H8O4S/c1-6-2-3-7(5-9)4-8(6)13(10,11)12/h2-5H,1H3,(H,10,11,12). The molecule has 0 spiro atoms. The molecular formula is C8H8O4S. The number of aryl methyl sites for hydroxylation is 1. The van der Waals surface area contributed by atoms with Gasteiger partial charge in [0.2, 0.25) is 0 Å². The average molecular weight is 200 g/mol. The Hall–Kier alpha value is -1.20. The van der Waals surface area contributed by atoms with Crippen molar-refractivity contribution < 1.29 is 17.8 Å². The van der Waals surface area contributed by atoms with E-state index in [4.69, 9.17) is 4.55 Å². The maximum absolute atomic E-state index is 10.8. The molecule has 0 saturated heterocycles. The van der Waals surface area contributed by atoms with Crippen molar-refractivity contribution in [2.45, 2.75) is 11.8 Å². The second kappa shape index (κ2) is 3.27. The van der Waals surface area contributed by atoms with Gasteiger partial charge in [0.15, 0.2) is 0 Å². The van der Waals surface area contributed by atoms with Gasteiger partial charge in [-0.05, 0) is 18.6 Å². The fourth-order valence-corrected chi connectivity index (χ4v) is 1.73. The molecule has 1 rings (SSSR count). The quantitative estimate of drug-likeness (QED) is 0.572. The van der Waals surface area contributed by atoms with Crippen molar-refractivity contribution in [3.8, 4) is 0 Å². The third-order valence-corrected chi connectivity index (χ3v) is 2.62.